The van der Waals surface area contributed by atoms with E-state index < -0.39 is 5.60 Å². The van der Waals surface area contributed by atoms with Crippen LogP contribution in [0.15, 0.2) is 11.1 Å². The first-order valence-electron chi connectivity index (χ1n) is 3.86. The molecule has 0 radical (unpaired) electrons. The molecule has 1 heterocycles. The molecule has 0 aliphatic carbocycles. The highest BCUT2D eigenvalue weighted by Gasteiger charge is 2.21. The Morgan fingerprint density at radius 3 is 3.00 bits per heavy atom. The lowest BCUT2D eigenvalue weighted by molar-refractivity contribution is 0.0655. The van der Waals surface area contributed by atoms with Crippen molar-refractivity contribution in [3.05, 3.63) is 16.8 Å². The minimum absolute atomic E-state index is 0.267. The number of aliphatic hydroxyl groups is 1. The molecule has 5 nitrogen and oxygen atoms in total. The molecule has 2 N–H and O–H groups in total. The van der Waals surface area contributed by atoms with Crippen LogP contribution in [-0.4, -0.2) is 37.5 Å². The highest BCUT2D eigenvalue weighted by Crippen LogP contribution is 2.11. The molecule has 1 unspecified atom stereocenters. The summed E-state index contributed by atoms with van der Waals surface area (Å²) >= 11 is 1.54. The van der Waals surface area contributed by atoms with Crippen molar-refractivity contribution in [2.75, 3.05) is 12.0 Å². The van der Waals surface area contributed by atoms with E-state index in [0.29, 0.717) is 5.75 Å². The number of hydrogen-bond donors (Lipinski definition) is 2. The van der Waals surface area contributed by atoms with Gasteiger partial charge in [-0.15, -0.1) is 0 Å². The topological polar surface area (TPSA) is 70.9 Å². The van der Waals surface area contributed by atoms with Gasteiger partial charge in [-0.2, -0.15) is 16.9 Å². The van der Waals surface area contributed by atoms with Gasteiger partial charge < -0.3 is 5.11 Å². The van der Waals surface area contributed by atoms with E-state index in [4.69, 9.17) is 0 Å². The average Bonchev–Trinajstić information content (AvgIpc) is 2.35. The highest BCUT2D eigenvalue weighted by atomic mass is 32.2. The van der Waals surface area contributed by atoms with E-state index in [1.807, 2.05) is 6.26 Å². The molecule has 1 aromatic rings. The van der Waals surface area contributed by atoms with E-state index in [9.17, 15) is 9.90 Å². The maximum absolute atomic E-state index is 11.0. The summed E-state index contributed by atoms with van der Waals surface area (Å²) in [5.41, 5.74) is -1.16. The van der Waals surface area contributed by atoms with Gasteiger partial charge in [-0.05, 0) is 13.2 Å². The molecule has 0 bridgehead atoms. The lowest BCUT2D eigenvalue weighted by atomic mass is 10.1. The molecule has 0 aliphatic rings. The van der Waals surface area contributed by atoms with Crippen molar-refractivity contribution < 1.29 is 5.11 Å². The maximum atomic E-state index is 11.0. The largest absolute Gasteiger partial charge is 0.387 e. The normalized spacial score (nSPS) is 15.6. The number of nitrogens with one attached hydrogen (secondary N) is 1. The molecule has 1 aromatic heterocycles. The molecule has 0 saturated heterocycles. The predicted molar refractivity (Wildman–Crippen MR) is 51.9 cm³/mol. The van der Waals surface area contributed by atoms with E-state index in [1.165, 1.54) is 10.9 Å². The number of rotatable bonds is 4. The first-order valence-corrected chi connectivity index (χ1v) is 5.26. The van der Waals surface area contributed by atoms with Crippen molar-refractivity contribution in [3.8, 4) is 0 Å². The van der Waals surface area contributed by atoms with E-state index in [1.54, 1.807) is 18.7 Å². The van der Waals surface area contributed by atoms with Crippen molar-refractivity contribution in [1.82, 2.24) is 14.8 Å². The Morgan fingerprint density at radius 2 is 2.54 bits per heavy atom. The highest BCUT2D eigenvalue weighted by molar-refractivity contribution is 7.98. The summed E-state index contributed by atoms with van der Waals surface area (Å²) in [6, 6.07) is 0. The zero-order valence-electron chi connectivity index (χ0n) is 7.65. The fraction of sp³-hybridized carbons (Fsp3) is 0.714. The van der Waals surface area contributed by atoms with Crippen LogP contribution < -0.4 is 5.69 Å². The van der Waals surface area contributed by atoms with E-state index in [-0.39, 0.29) is 12.2 Å². The molecule has 0 aromatic carbocycles. The van der Waals surface area contributed by atoms with Gasteiger partial charge in [-0.1, -0.05) is 0 Å². The van der Waals surface area contributed by atoms with Crippen molar-refractivity contribution in [2.24, 2.45) is 0 Å². The van der Waals surface area contributed by atoms with Crippen LogP contribution in [0.25, 0.3) is 0 Å². The molecule has 0 fully saturated rings. The molecule has 0 saturated carbocycles. The second-order valence-corrected chi connectivity index (χ2v) is 4.09. The van der Waals surface area contributed by atoms with Gasteiger partial charge in [-0.3, -0.25) is 4.57 Å². The Morgan fingerprint density at radius 1 is 1.85 bits per heavy atom. The van der Waals surface area contributed by atoms with Crippen LogP contribution in [0.4, 0.5) is 0 Å². The summed E-state index contributed by atoms with van der Waals surface area (Å²) in [5, 5.41) is 15.6. The van der Waals surface area contributed by atoms with E-state index in [0.717, 1.165) is 0 Å². The second-order valence-electron chi connectivity index (χ2n) is 3.22. The first-order chi connectivity index (χ1) is 6.05. The minimum Gasteiger partial charge on any atom is -0.387 e. The molecular weight excluding hydrogens is 190 g/mol. The predicted octanol–water partition coefficient (Wildman–Crippen LogP) is -0.315. The van der Waals surface area contributed by atoms with Crippen LogP contribution in [0, 0.1) is 0 Å². The van der Waals surface area contributed by atoms with Gasteiger partial charge in [0, 0.05) is 5.75 Å². The van der Waals surface area contributed by atoms with Gasteiger partial charge in [-0.25, -0.2) is 9.89 Å². The Balaban J connectivity index is 2.68. The van der Waals surface area contributed by atoms with Crippen molar-refractivity contribution in [1.29, 1.82) is 0 Å². The zero-order valence-corrected chi connectivity index (χ0v) is 8.47. The number of nitrogens with zero attached hydrogens (tertiary/aromatic N) is 2. The Labute approximate surface area is 80.2 Å². The van der Waals surface area contributed by atoms with Crippen LogP contribution in [0.1, 0.15) is 6.92 Å². The fourth-order valence-electron chi connectivity index (χ4n) is 1.11. The number of H-pyrrole nitrogens is 1. The Bertz CT molecular complexity index is 318. The smallest absolute Gasteiger partial charge is 0.343 e. The van der Waals surface area contributed by atoms with Gasteiger partial charge in [0.05, 0.1) is 12.1 Å². The van der Waals surface area contributed by atoms with Crippen molar-refractivity contribution in [2.45, 2.75) is 19.1 Å². The van der Waals surface area contributed by atoms with Crippen LogP contribution >= 0.6 is 11.8 Å². The zero-order chi connectivity index (χ0) is 9.90. The third-order valence-electron chi connectivity index (χ3n) is 1.58. The summed E-state index contributed by atoms with van der Waals surface area (Å²) in [5.74, 6) is 0.588. The Hall–Kier alpha value is -0.750. The lowest BCUT2D eigenvalue weighted by Crippen LogP contribution is -2.36. The second kappa shape index (κ2) is 3.97. The lowest BCUT2D eigenvalue weighted by Gasteiger charge is -2.21. The molecule has 1 rings (SSSR count). The summed E-state index contributed by atoms with van der Waals surface area (Å²) < 4.78 is 1.36. The molecule has 6 heteroatoms. The van der Waals surface area contributed by atoms with Crippen LogP contribution in [-0.2, 0) is 6.54 Å². The van der Waals surface area contributed by atoms with Crippen molar-refractivity contribution in [3.63, 3.8) is 0 Å². The van der Waals surface area contributed by atoms with E-state index in [2.05, 4.69) is 10.2 Å². The number of aromatic nitrogens is 3. The van der Waals surface area contributed by atoms with Gasteiger partial charge in [0.1, 0.15) is 6.33 Å². The number of hydrogen-bond acceptors (Lipinski definition) is 4. The molecular formula is C7H13N3O2S. The third-order valence-corrected chi connectivity index (χ3v) is 2.50. The number of thioether (sulfide) groups is 1. The van der Waals surface area contributed by atoms with Crippen molar-refractivity contribution >= 4 is 11.8 Å². The monoisotopic (exact) mass is 203 g/mol. The fourth-order valence-corrected chi connectivity index (χ4v) is 1.82. The first kappa shape index (κ1) is 10.3. The Kier molecular flexibility index (Phi) is 3.16. The molecule has 0 amide bonds. The summed E-state index contributed by atoms with van der Waals surface area (Å²) in [6.45, 7) is 1.96. The number of aromatic amines is 1. The quantitative estimate of drug-likeness (QED) is 0.704. The maximum Gasteiger partial charge on any atom is 0.343 e. The standard InChI is InChI=1S/C7H13N3O2S/c1-7(12,4-13-2)3-10-5-8-9-6(10)11/h5,12H,3-4H2,1-2H3,(H,9,11). The van der Waals surface area contributed by atoms with Crippen LogP contribution in [0.2, 0.25) is 0 Å². The summed E-state index contributed by atoms with van der Waals surface area (Å²) in [6.07, 6.45) is 3.30. The molecule has 0 spiro atoms. The molecule has 1 atom stereocenters. The summed E-state index contributed by atoms with van der Waals surface area (Å²) in [7, 11) is 0. The van der Waals surface area contributed by atoms with Gasteiger partial charge in [0.25, 0.3) is 0 Å². The van der Waals surface area contributed by atoms with Crippen LogP contribution in [0.5, 0.6) is 0 Å². The third kappa shape index (κ3) is 2.89. The van der Waals surface area contributed by atoms with Crippen LogP contribution in [0.3, 0.4) is 0 Å². The van der Waals surface area contributed by atoms with Gasteiger partial charge >= 0.3 is 5.69 Å². The average molecular weight is 203 g/mol. The SMILES string of the molecule is CSCC(C)(O)Cn1cn[nH]c1=O. The van der Waals surface area contributed by atoms with E-state index >= 15 is 0 Å². The minimum atomic E-state index is -0.868. The molecule has 0 aliphatic heterocycles. The van der Waals surface area contributed by atoms with Gasteiger partial charge in [0.2, 0.25) is 0 Å². The molecule has 74 valence electrons. The molecule has 13 heavy (non-hydrogen) atoms. The summed E-state index contributed by atoms with van der Waals surface area (Å²) in [4.78, 5) is 11.0. The van der Waals surface area contributed by atoms with Gasteiger partial charge in [0.15, 0.2) is 0 Å².